The first-order chi connectivity index (χ1) is 12.2. The Morgan fingerprint density at radius 3 is 3.04 bits per heavy atom. The number of hydrogen-bond acceptors (Lipinski definition) is 4. The van der Waals surface area contributed by atoms with Crippen molar-refractivity contribution in [2.24, 2.45) is 5.92 Å². The number of rotatable bonds is 3. The molecule has 0 bridgehead atoms. The average Bonchev–Trinajstić information content (AvgIpc) is 3.02. The smallest absolute Gasteiger partial charge is 0.225 e. The van der Waals surface area contributed by atoms with Crippen LogP contribution in [0.2, 0.25) is 0 Å². The Labute approximate surface area is 148 Å². The first-order valence-electron chi connectivity index (χ1n) is 9.18. The van der Waals surface area contributed by atoms with Crippen molar-refractivity contribution in [1.82, 2.24) is 19.9 Å². The predicted molar refractivity (Wildman–Crippen MR) is 96.4 cm³/mol. The van der Waals surface area contributed by atoms with E-state index in [0.717, 1.165) is 62.7 Å². The van der Waals surface area contributed by atoms with E-state index in [-0.39, 0.29) is 17.9 Å². The number of piperidine rings is 1. The van der Waals surface area contributed by atoms with E-state index >= 15 is 0 Å². The van der Waals surface area contributed by atoms with Crippen LogP contribution in [0, 0.1) is 12.8 Å². The highest BCUT2D eigenvalue weighted by Gasteiger charge is 2.29. The van der Waals surface area contributed by atoms with Crippen LogP contribution in [-0.2, 0) is 17.8 Å². The molecule has 25 heavy (non-hydrogen) atoms. The molecule has 0 aromatic carbocycles. The third kappa shape index (κ3) is 3.52. The summed E-state index contributed by atoms with van der Waals surface area (Å²) < 4.78 is 2.19. The number of nitrogens with one attached hydrogen (secondary N) is 1. The number of nitrogens with zero attached hydrogens (tertiary/aromatic N) is 4. The second kappa shape index (κ2) is 6.86. The Morgan fingerprint density at radius 2 is 2.20 bits per heavy atom. The minimum absolute atomic E-state index is 0.0432. The van der Waals surface area contributed by atoms with Crippen molar-refractivity contribution >= 4 is 11.7 Å². The van der Waals surface area contributed by atoms with Crippen molar-refractivity contribution in [1.29, 1.82) is 0 Å². The van der Waals surface area contributed by atoms with Gasteiger partial charge < -0.3 is 14.8 Å². The van der Waals surface area contributed by atoms with E-state index in [1.807, 2.05) is 31.3 Å². The summed E-state index contributed by atoms with van der Waals surface area (Å²) in [6.45, 7) is 4.58. The Morgan fingerprint density at radius 1 is 1.28 bits per heavy atom. The fourth-order valence-corrected chi connectivity index (χ4v) is 3.96. The van der Waals surface area contributed by atoms with Gasteiger partial charge in [-0.3, -0.25) is 4.79 Å². The lowest BCUT2D eigenvalue weighted by Gasteiger charge is -2.34. The van der Waals surface area contributed by atoms with Gasteiger partial charge in [0.1, 0.15) is 11.6 Å². The molecular weight excluding hydrogens is 314 g/mol. The van der Waals surface area contributed by atoms with Crippen LogP contribution in [-0.4, -0.2) is 39.6 Å². The molecule has 1 N–H and O–H groups in total. The highest BCUT2D eigenvalue weighted by Crippen LogP contribution is 2.22. The van der Waals surface area contributed by atoms with Gasteiger partial charge in [0.15, 0.2) is 0 Å². The summed E-state index contributed by atoms with van der Waals surface area (Å²) in [7, 11) is 0. The van der Waals surface area contributed by atoms with Crippen LogP contribution in [0.5, 0.6) is 0 Å². The molecule has 2 aliphatic heterocycles. The van der Waals surface area contributed by atoms with Gasteiger partial charge in [0.05, 0.1) is 11.6 Å². The summed E-state index contributed by atoms with van der Waals surface area (Å²) in [5.74, 6) is 2.34. The summed E-state index contributed by atoms with van der Waals surface area (Å²) in [4.78, 5) is 24.0. The maximum atomic E-state index is 12.8. The van der Waals surface area contributed by atoms with E-state index in [4.69, 9.17) is 0 Å². The maximum absolute atomic E-state index is 12.8. The van der Waals surface area contributed by atoms with Crippen LogP contribution in [0.15, 0.2) is 30.6 Å². The van der Waals surface area contributed by atoms with Gasteiger partial charge in [0.25, 0.3) is 0 Å². The lowest BCUT2D eigenvalue weighted by Crippen LogP contribution is -2.48. The molecule has 4 rings (SSSR count). The molecule has 0 aliphatic carbocycles. The molecule has 0 spiro atoms. The molecule has 1 amide bonds. The van der Waals surface area contributed by atoms with Gasteiger partial charge in [-0.15, -0.1) is 0 Å². The molecule has 0 saturated carbocycles. The zero-order chi connectivity index (χ0) is 17.2. The quantitative estimate of drug-likeness (QED) is 0.928. The second-order valence-electron chi connectivity index (χ2n) is 7.17. The molecule has 1 fully saturated rings. The fraction of sp³-hybridized carbons (Fsp3) is 0.526. The average molecular weight is 339 g/mol. The number of hydrogen-bond donors (Lipinski definition) is 1. The van der Waals surface area contributed by atoms with E-state index in [0.29, 0.717) is 0 Å². The summed E-state index contributed by atoms with van der Waals surface area (Å²) in [6.07, 6.45) is 7.78. The standard InChI is InChI=1S/C19H25N5O/c1-14-11-24-13-16(7-8-18(24)21-14)22-19(25)15-5-4-10-23(12-15)17-6-2-3-9-20-17/h2-3,6,9,11,15-16H,4-5,7-8,10,12-13H2,1H3,(H,22,25). The molecule has 0 radical (unpaired) electrons. The van der Waals surface area contributed by atoms with Crippen molar-refractivity contribution in [3.63, 3.8) is 0 Å². The number of anilines is 1. The summed E-state index contributed by atoms with van der Waals surface area (Å²) in [6, 6.07) is 6.15. The van der Waals surface area contributed by atoms with E-state index in [1.54, 1.807) is 0 Å². The van der Waals surface area contributed by atoms with Crippen molar-refractivity contribution < 1.29 is 4.79 Å². The van der Waals surface area contributed by atoms with Crippen LogP contribution in [0.25, 0.3) is 0 Å². The number of pyridine rings is 1. The minimum atomic E-state index is 0.0432. The summed E-state index contributed by atoms with van der Waals surface area (Å²) >= 11 is 0. The van der Waals surface area contributed by atoms with Crippen LogP contribution < -0.4 is 10.2 Å². The molecule has 2 aliphatic rings. The fourth-order valence-electron chi connectivity index (χ4n) is 3.96. The van der Waals surface area contributed by atoms with Crippen molar-refractivity contribution in [2.45, 2.75) is 45.2 Å². The van der Waals surface area contributed by atoms with E-state index in [9.17, 15) is 4.79 Å². The first-order valence-corrected chi connectivity index (χ1v) is 9.18. The lowest BCUT2D eigenvalue weighted by atomic mass is 9.96. The van der Waals surface area contributed by atoms with Gasteiger partial charge in [-0.25, -0.2) is 9.97 Å². The van der Waals surface area contributed by atoms with Crippen LogP contribution in [0.3, 0.4) is 0 Å². The Bertz CT molecular complexity index is 742. The molecule has 2 unspecified atom stereocenters. The lowest BCUT2D eigenvalue weighted by molar-refractivity contribution is -0.126. The van der Waals surface area contributed by atoms with Gasteiger partial charge in [-0.2, -0.15) is 0 Å². The molecule has 4 heterocycles. The van der Waals surface area contributed by atoms with Crippen LogP contribution >= 0.6 is 0 Å². The summed E-state index contributed by atoms with van der Waals surface area (Å²) in [5.41, 5.74) is 1.06. The minimum Gasteiger partial charge on any atom is -0.356 e. The largest absolute Gasteiger partial charge is 0.356 e. The third-order valence-corrected chi connectivity index (χ3v) is 5.22. The Balaban J connectivity index is 1.36. The van der Waals surface area contributed by atoms with E-state index < -0.39 is 0 Å². The monoisotopic (exact) mass is 339 g/mol. The second-order valence-corrected chi connectivity index (χ2v) is 7.17. The highest BCUT2D eigenvalue weighted by atomic mass is 16.2. The number of amides is 1. The van der Waals surface area contributed by atoms with Crippen molar-refractivity contribution in [3.05, 3.63) is 42.1 Å². The third-order valence-electron chi connectivity index (χ3n) is 5.22. The number of aromatic nitrogens is 3. The molecule has 2 aromatic rings. The first kappa shape index (κ1) is 16.1. The predicted octanol–water partition coefficient (Wildman–Crippen LogP) is 1.93. The van der Waals surface area contributed by atoms with Crippen molar-refractivity contribution in [3.8, 4) is 0 Å². The number of imidazole rings is 1. The molecule has 2 atom stereocenters. The molecule has 6 heteroatoms. The highest BCUT2D eigenvalue weighted by molar-refractivity contribution is 5.79. The zero-order valence-corrected chi connectivity index (χ0v) is 14.7. The van der Waals surface area contributed by atoms with Gasteiger partial charge in [-0.1, -0.05) is 6.07 Å². The van der Waals surface area contributed by atoms with Gasteiger partial charge >= 0.3 is 0 Å². The topological polar surface area (TPSA) is 63.1 Å². The van der Waals surface area contributed by atoms with Gasteiger partial charge in [-0.05, 0) is 38.3 Å². The number of carbonyl (C=O) groups is 1. The van der Waals surface area contributed by atoms with E-state index in [1.165, 1.54) is 0 Å². The number of fused-ring (bicyclic) bond motifs is 1. The van der Waals surface area contributed by atoms with E-state index in [2.05, 4.69) is 30.9 Å². The van der Waals surface area contributed by atoms with Gasteiger partial charge in [0.2, 0.25) is 5.91 Å². The zero-order valence-electron chi connectivity index (χ0n) is 14.7. The van der Waals surface area contributed by atoms with Crippen LogP contribution in [0.1, 0.15) is 30.8 Å². The number of aryl methyl sites for hydroxylation is 2. The Hall–Kier alpha value is -2.37. The van der Waals surface area contributed by atoms with Crippen molar-refractivity contribution in [2.75, 3.05) is 18.0 Å². The maximum Gasteiger partial charge on any atom is 0.225 e. The molecule has 132 valence electrons. The molecule has 1 saturated heterocycles. The normalized spacial score (nSPS) is 23.2. The molecule has 2 aromatic heterocycles. The molecule has 6 nitrogen and oxygen atoms in total. The Kier molecular flexibility index (Phi) is 4.42. The van der Waals surface area contributed by atoms with Gasteiger partial charge in [0, 0.05) is 44.5 Å². The number of carbonyl (C=O) groups excluding carboxylic acids is 1. The van der Waals surface area contributed by atoms with Crippen LogP contribution in [0.4, 0.5) is 5.82 Å². The molecular formula is C19H25N5O. The SMILES string of the molecule is Cc1cn2c(n1)CCC(NC(=O)C1CCCN(c3ccccn3)C1)C2. The summed E-state index contributed by atoms with van der Waals surface area (Å²) in [5, 5.41) is 3.28.